The fourth-order valence-corrected chi connectivity index (χ4v) is 4.36. The smallest absolute Gasteiger partial charge is 0.417 e. The van der Waals surface area contributed by atoms with Crippen molar-refractivity contribution in [3.8, 4) is 0 Å². The van der Waals surface area contributed by atoms with Crippen LogP contribution < -0.4 is 0 Å². The van der Waals surface area contributed by atoms with Crippen LogP contribution in [0.2, 0.25) is 0 Å². The number of carbonyl (C=O) groups excluding carboxylic acids is 1. The number of sulfone groups is 1. The Balaban J connectivity index is 2.45. The van der Waals surface area contributed by atoms with E-state index in [1.165, 1.54) is 6.07 Å². The van der Waals surface area contributed by atoms with Crippen molar-refractivity contribution in [2.24, 2.45) is 5.92 Å². The van der Waals surface area contributed by atoms with Crippen molar-refractivity contribution in [1.82, 2.24) is 0 Å². The van der Waals surface area contributed by atoms with Crippen LogP contribution in [0, 0.1) is 5.92 Å². The number of benzene rings is 1. The van der Waals surface area contributed by atoms with E-state index in [0.717, 1.165) is 44.1 Å². The SMILES string of the molecule is CCC(=O)OCC(c1ccc(S(C)(=O)=O)c(C(F)(F)F)c1)C1CCCC1. The second-order valence-electron chi connectivity index (χ2n) is 6.71. The summed E-state index contributed by atoms with van der Waals surface area (Å²) < 4.78 is 68.9. The standard InChI is InChI=1S/C18H23F3O4S/c1-3-17(22)25-11-14(12-6-4-5-7-12)13-8-9-16(26(2,23)24)15(10-13)18(19,20)21/h8-10,12,14H,3-7,11H2,1-2H3. The highest BCUT2D eigenvalue weighted by Gasteiger charge is 2.38. The van der Waals surface area contributed by atoms with Gasteiger partial charge in [0.2, 0.25) is 0 Å². The predicted octanol–water partition coefficient (Wildman–Crippen LogP) is 4.34. The van der Waals surface area contributed by atoms with Crippen molar-refractivity contribution < 1.29 is 31.1 Å². The van der Waals surface area contributed by atoms with Crippen molar-refractivity contribution in [2.75, 3.05) is 12.9 Å². The zero-order chi connectivity index (χ0) is 19.5. The Morgan fingerprint density at radius 2 is 1.88 bits per heavy atom. The molecule has 0 aromatic heterocycles. The van der Waals surface area contributed by atoms with Gasteiger partial charge in [0.1, 0.15) is 0 Å². The van der Waals surface area contributed by atoms with Crippen LogP contribution in [0.1, 0.15) is 56.1 Å². The Kier molecular flexibility index (Phi) is 6.37. The summed E-state index contributed by atoms with van der Waals surface area (Å²) in [6.07, 6.45) is -0.165. The minimum absolute atomic E-state index is 0.00680. The fraction of sp³-hybridized carbons (Fsp3) is 0.611. The number of hydrogen-bond donors (Lipinski definition) is 0. The van der Waals surface area contributed by atoms with E-state index >= 15 is 0 Å². The third-order valence-electron chi connectivity index (χ3n) is 4.82. The summed E-state index contributed by atoms with van der Waals surface area (Å²) in [5.41, 5.74) is -0.803. The highest BCUT2D eigenvalue weighted by molar-refractivity contribution is 7.90. The maximum absolute atomic E-state index is 13.4. The number of carbonyl (C=O) groups is 1. The third-order valence-corrected chi connectivity index (χ3v) is 5.97. The van der Waals surface area contributed by atoms with Crippen LogP contribution in [-0.2, 0) is 25.5 Å². The van der Waals surface area contributed by atoms with Crippen LogP contribution in [0.5, 0.6) is 0 Å². The van der Waals surface area contributed by atoms with Crippen LogP contribution in [0.4, 0.5) is 13.2 Å². The van der Waals surface area contributed by atoms with Crippen molar-refractivity contribution in [1.29, 1.82) is 0 Å². The lowest BCUT2D eigenvalue weighted by Gasteiger charge is -2.25. The molecule has 0 amide bonds. The molecule has 1 aliphatic carbocycles. The quantitative estimate of drug-likeness (QED) is 0.676. The highest BCUT2D eigenvalue weighted by Crippen LogP contribution is 2.41. The first kappa shape index (κ1) is 20.7. The monoisotopic (exact) mass is 392 g/mol. The van der Waals surface area contributed by atoms with E-state index in [1.807, 2.05) is 0 Å². The molecule has 1 unspecified atom stereocenters. The molecule has 0 aliphatic heterocycles. The molecule has 26 heavy (non-hydrogen) atoms. The van der Waals surface area contributed by atoms with Crippen LogP contribution >= 0.6 is 0 Å². The van der Waals surface area contributed by atoms with Crippen molar-refractivity contribution in [2.45, 2.75) is 56.0 Å². The first-order chi connectivity index (χ1) is 12.0. The number of hydrogen-bond acceptors (Lipinski definition) is 4. The van der Waals surface area contributed by atoms with Gasteiger partial charge in [-0.3, -0.25) is 4.79 Å². The van der Waals surface area contributed by atoms with Gasteiger partial charge in [0.25, 0.3) is 0 Å². The number of halogens is 3. The minimum Gasteiger partial charge on any atom is -0.465 e. The molecule has 0 N–H and O–H groups in total. The van der Waals surface area contributed by atoms with Gasteiger partial charge in [-0.2, -0.15) is 13.2 Å². The van der Waals surface area contributed by atoms with Gasteiger partial charge in [0.15, 0.2) is 9.84 Å². The average molecular weight is 392 g/mol. The molecule has 8 heteroatoms. The highest BCUT2D eigenvalue weighted by atomic mass is 32.2. The first-order valence-electron chi connectivity index (χ1n) is 8.61. The van der Waals surface area contributed by atoms with Crippen LogP contribution in [0.25, 0.3) is 0 Å². The van der Waals surface area contributed by atoms with Crippen LogP contribution in [0.15, 0.2) is 23.1 Å². The Morgan fingerprint density at radius 3 is 2.38 bits per heavy atom. The van der Waals surface area contributed by atoms with Gasteiger partial charge in [-0.05, 0) is 36.5 Å². The van der Waals surface area contributed by atoms with Crippen molar-refractivity contribution in [3.05, 3.63) is 29.3 Å². The van der Waals surface area contributed by atoms with Gasteiger partial charge < -0.3 is 4.74 Å². The molecule has 146 valence electrons. The van der Waals surface area contributed by atoms with Gasteiger partial charge in [-0.25, -0.2) is 8.42 Å². The van der Waals surface area contributed by atoms with E-state index in [9.17, 15) is 26.4 Å². The summed E-state index contributed by atoms with van der Waals surface area (Å²) in [4.78, 5) is 10.8. The number of ether oxygens (including phenoxy) is 1. The average Bonchev–Trinajstić information content (AvgIpc) is 3.07. The zero-order valence-electron chi connectivity index (χ0n) is 14.8. The Labute approximate surface area is 151 Å². The van der Waals surface area contributed by atoms with Gasteiger partial charge in [-0.15, -0.1) is 0 Å². The second-order valence-corrected chi connectivity index (χ2v) is 8.70. The molecule has 1 aliphatic rings. The summed E-state index contributed by atoms with van der Waals surface area (Å²) in [5, 5.41) is 0. The topological polar surface area (TPSA) is 60.4 Å². The van der Waals surface area contributed by atoms with Gasteiger partial charge in [0, 0.05) is 18.6 Å². The molecule has 0 spiro atoms. The van der Waals surface area contributed by atoms with E-state index in [-0.39, 0.29) is 24.9 Å². The minimum atomic E-state index is -4.78. The van der Waals surface area contributed by atoms with E-state index in [1.54, 1.807) is 6.92 Å². The molecule has 0 radical (unpaired) electrons. The van der Waals surface area contributed by atoms with Crippen LogP contribution in [-0.4, -0.2) is 27.2 Å². The van der Waals surface area contributed by atoms with Crippen LogP contribution in [0.3, 0.4) is 0 Å². The second kappa shape index (κ2) is 7.98. The lowest BCUT2D eigenvalue weighted by molar-refractivity contribution is -0.144. The molecule has 0 heterocycles. The Hall–Kier alpha value is -1.57. The summed E-state index contributed by atoms with van der Waals surface area (Å²) in [7, 11) is -4.01. The maximum Gasteiger partial charge on any atom is 0.417 e. The zero-order valence-corrected chi connectivity index (χ0v) is 15.6. The molecule has 0 saturated heterocycles. The van der Waals surface area contributed by atoms with Gasteiger partial charge >= 0.3 is 12.1 Å². The molecule has 1 aromatic carbocycles. The Bertz CT molecular complexity index is 750. The van der Waals surface area contributed by atoms with Crippen molar-refractivity contribution in [3.63, 3.8) is 0 Å². The third kappa shape index (κ3) is 4.99. The van der Waals surface area contributed by atoms with E-state index < -0.39 is 32.4 Å². The van der Waals surface area contributed by atoms with Gasteiger partial charge in [-0.1, -0.05) is 25.8 Å². The Morgan fingerprint density at radius 1 is 1.27 bits per heavy atom. The lowest BCUT2D eigenvalue weighted by atomic mass is 9.84. The molecule has 1 aromatic rings. The molecule has 1 atom stereocenters. The molecule has 1 fully saturated rings. The number of rotatable bonds is 6. The van der Waals surface area contributed by atoms with Gasteiger partial charge in [0.05, 0.1) is 17.1 Å². The van der Waals surface area contributed by atoms with E-state index in [2.05, 4.69) is 0 Å². The predicted molar refractivity (Wildman–Crippen MR) is 90.5 cm³/mol. The lowest BCUT2D eigenvalue weighted by Crippen LogP contribution is -2.20. The summed E-state index contributed by atoms with van der Waals surface area (Å²) in [6, 6.07) is 3.32. The molecule has 0 bridgehead atoms. The fourth-order valence-electron chi connectivity index (χ4n) is 3.47. The first-order valence-corrected chi connectivity index (χ1v) is 10.5. The summed E-state index contributed by atoms with van der Waals surface area (Å²) in [5.74, 6) is -0.663. The molecular formula is C18H23F3O4S. The molecule has 1 saturated carbocycles. The largest absolute Gasteiger partial charge is 0.465 e. The normalized spacial score (nSPS) is 17.3. The van der Waals surface area contributed by atoms with E-state index in [0.29, 0.717) is 5.56 Å². The maximum atomic E-state index is 13.4. The number of esters is 1. The number of alkyl halides is 3. The van der Waals surface area contributed by atoms with E-state index in [4.69, 9.17) is 4.74 Å². The summed E-state index contributed by atoms with van der Waals surface area (Å²) in [6.45, 7) is 1.66. The molecule has 4 nitrogen and oxygen atoms in total. The molecular weight excluding hydrogens is 369 g/mol. The molecule has 2 rings (SSSR count). The van der Waals surface area contributed by atoms with Crippen molar-refractivity contribution >= 4 is 15.8 Å². The summed E-state index contributed by atoms with van der Waals surface area (Å²) >= 11 is 0.